The molecule has 0 heterocycles. The smallest absolute Gasteiger partial charge is 0.313 e. The second-order valence-electron chi connectivity index (χ2n) is 3.13. The van der Waals surface area contributed by atoms with E-state index in [4.69, 9.17) is 0 Å². The normalized spacial score (nSPS) is 14.1. The van der Waals surface area contributed by atoms with Crippen LogP contribution in [0.4, 0.5) is 13.2 Å². The number of benzene rings is 1. The highest BCUT2D eigenvalue weighted by Crippen LogP contribution is 2.29. The summed E-state index contributed by atoms with van der Waals surface area (Å²) < 4.78 is 36.6. The third-order valence-electron chi connectivity index (χ3n) is 2.17. The Hall–Kier alpha value is -1.03. The van der Waals surface area contributed by atoms with E-state index >= 15 is 0 Å². The minimum atomic E-state index is -4.25. The lowest BCUT2D eigenvalue weighted by Gasteiger charge is -2.12. The first-order valence-electron chi connectivity index (χ1n) is 4.29. The molecule has 0 unspecified atom stereocenters. The molecule has 0 saturated carbocycles. The van der Waals surface area contributed by atoms with Gasteiger partial charge in [0.25, 0.3) is 0 Å². The fourth-order valence-corrected chi connectivity index (χ4v) is 1.13. The van der Waals surface area contributed by atoms with Crippen LogP contribution in [0.3, 0.4) is 0 Å². The lowest BCUT2D eigenvalue weighted by atomic mass is 10.1. The van der Waals surface area contributed by atoms with E-state index < -0.39 is 11.7 Å². The molecule has 1 atom stereocenters. The highest BCUT2D eigenvalue weighted by molar-refractivity contribution is 5.26. The van der Waals surface area contributed by atoms with Crippen LogP contribution in [-0.4, -0.2) is 7.05 Å². The molecule has 0 bridgehead atoms. The Morgan fingerprint density at radius 3 is 2.00 bits per heavy atom. The monoisotopic (exact) mass is 203 g/mol. The number of hydrogen-bond acceptors (Lipinski definition) is 1. The van der Waals surface area contributed by atoms with Gasteiger partial charge in [0.15, 0.2) is 0 Å². The molecule has 0 aliphatic carbocycles. The van der Waals surface area contributed by atoms with Gasteiger partial charge in [-0.1, -0.05) is 12.1 Å². The highest BCUT2D eigenvalue weighted by Gasteiger charge is 2.29. The van der Waals surface area contributed by atoms with E-state index in [1.807, 2.05) is 6.92 Å². The number of halogens is 3. The molecule has 0 radical (unpaired) electrons. The van der Waals surface area contributed by atoms with Crippen LogP contribution in [0.25, 0.3) is 0 Å². The van der Waals surface area contributed by atoms with Gasteiger partial charge in [0, 0.05) is 6.04 Å². The number of alkyl halides is 3. The number of hydrogen-bond donors (Lipinski definition) is 1. The van der Waals surface area contributed by atoms with E-state index in [2.05, 4.69) is 5.32 Å². The third kappa shape index (κ3) is 2.48. The molecule has 1 rings (SSSR count). The first-order valence-corrected chi connectivity index (χ1v) is 4.29. The van der Waals surface area contributed by atoms with Gasteiger partial charge in [-0.15, -0.1) is 0 Å². The predicted octanol–water partition coefficient (Wildman–Crippen LogP) is 2.99. The zero-order chi connectivity index (χ0) is 10.8. The Morgan fingerprint density at radius 2 is 1.64 bits per heavy atom. The molecule has 0 amide bonds. The maximum absolute atomic E-state index is 12.2. The van der Waals surface area contributed by atoms with Crippen molar-refractivity contribution in [3.05, 3.63) is 35.4 Å². The van der Waals surface area contributed by atoms with Crippen molar-refractivity contribution in [1.29, 1.82) is 0 Å². The van der Waals surface area contributed by atoms with E-state index in [-0.39, 0.29) is 6.04 Å². The Kier molecular flexibility index (Phi) is 3.16. The van der Waals surface area contributed by atoms with Crippen LogP contribution in [0, 0.1) is 0 Å². The molecular formula is C10H12F3N. The summed E-state index contributed by atoms with van der Waals surface area (Å²) in [5, 5.41) is 2.96. The van der Waals surface area contributed by atoms with Crippen LogP contribution >= 0.6 is 0 Å². The van der Waals surface area contributed by atoms with E-state index in [0.717, 1.165) is 17.7 Å². The summed E-state index contributed by atoms with van der Waals surface area (Å²) in [5.74, 6) is 0. The molecule has 0 aliphatic rings. The van der Waals surface area contributed by atoms with Crippen molar-refractivity contribution >= 4 is 0 Å². The molecule has 4 heteroatoms. The zero-order valence-electron chi connectivity index (χ0n) is 8.02. The lowest BCUT2D eigenvalue weighted by molar-refractivity contribution is -0.137. The molecule has 78 valence electrons. The highest BCUT2D eigenvalue weighted by atomic mass is 19.4. The van der Waals surface area contributed by atoms with Crippen LogP contribution in [0.15, 0.2) is 24.3 Å². The average molecular weight is 203 g/mol. The van der Waals surface area contributed by atoms with Crippen molar-refractivity contribution in [2.24, 2.45) is 0 Å². The molecule has 1 N–H and O–H groups in total. The first kappa shape index (κ1) is 11.0. The second kappa shape index (κ2) is 4.00. The maximum atomic E-state index is 12.2. The molecule has 0 aliphatic heterocycles. The quantitative estimate of drug-likeness (QED) is 0.779. The fraction of sp³-hybridized carbons (Fsp3) is 0.400. The van der Waals surface area contributed by atoms with E-state index in [0.29, 0.717) is 0 Å². The summed E-state index contributed by atoms with van der Waals surface area (Å²) in [6.07, 6.45) is -4.25. The molecule has 1 aromatic carbocycles. The van der Waals surface area contributed by atoms with Crippen LogP contribution in [-0.2, 0) is 6.18 Å². The summed E-state index contributed by atoms with van der Waals surface area (Å²) in [4.78, 5) is 0. The van der Waals surface area contributed by atoms with Gasteiger partial charge in [0.2, 0.25) is 0 Å². The number of rotatable bonds is 2. The summed E-state index contributed by atoms with van der Waals surface area (Å²) in [6.45, 7) is 1.89. The third-order valence-corrected chi connectivity index (χ3v) is 2.17. The van der Waals surface area contributed by atoms with Gasteiger partial charge in [-0.05, 0) is 31.7 Å². The van der Waals surface area contributed by atoms with Crippen molar-refractivity contribution < 1.29 is 13.2 Å². The summed E-state index contributed by atoms with van der Waals surface area (Å²) in [5.41, 5.74) is 0.241. The molecule has 0 fully saturated rings. The standard InChI is InChI=1S/C10H12F3N/c1-7(14-2)8-3-5-9(6-4-8)10(11,12)13/h3-7,14H,1-2H3/t7-/m1/s1. The number of nitrogens with one attached hydrogen (secondary N) is 1. The molecule has 14 heavy (non-hydrogen) atoms. The van der Waals surface area contributed by atoms with Gasteiger partial charge >= 0.3 is 6.18 Å². The van der Waals surface area contributed by atoms with Gasteiger partial charge in [-0.2, -0.15) is 13.2 Å². The summed E-state index contributed by atoms with van der Waals surface area (Å²) in [6, 6.07) is 5.25. The second-order valence-corrected chi connectivity index (χ2v) is 3.13. The van der Waals surface area contributed by atoms with Crippen molar-refractivity contribution in [2.75, 3.05) is 7.05 Å². The summed E-state index contributed by atoms with van der Waals surface area (Å²) in [7, 11) is 1.77. The first-order chi connectivity index (χ1) is 6.45. The molecule has 0 saturated heterocycles. The van der Waals surface area contributed by atoms with Gasteiger partial charge in [0.05, 0.1) is 5.56 Å². The lowest BCUT2D eigenvalue weighted by Crippen LogP contribution is -2.12. The van der Waals surface area contributed by atoms with E-state index in [1.165, 1.54) is 12.1 Å². The predicted molar refractivity (Wildman–Crippen MR) is 48.9 cm³/mol. The largest absolute Gasteiger partial charge is 0.416 e. The molecular weight excluding hydrogens is 191 g/mol. The minimum Gasteiger partial charge on any atom is -0.313 e. The Balaban J connectivity index is 2.89. The van der Waals surface area contributed by atoms with Gasteiger partial charge in [-0.3, -0.25) is 0 Å². The van der Waals surface area contributed by atoms with Crippen molar-refractivity contribution in [1.82, 2.24) is 5.32 Å². The Bertz CT molecular complexity index is 289. The molecule has 0 aromatic heterocycles. The Morgan fingerprint density at radius 1 is 1.14 bits per heavy atom. The van der Waals surface area contributed by atoms with Crippen molar-refractivity contribution in [3.8, 4) is 0 Å². The Labute approximate surface area is 80.9 Å². The van der Waals surface area contributed by atoms with Crippen molar-refractivity contribution in [2.45, 2.75) is 19.1 Å². The zero-order valence-corrected chi connectivity index (χ0v) is 8.02. The average Bonchev–Trinajstić information content (AvgIpc) is 2.15. The SMILES string of the molecule is CN[C@H](C)c1ccc(C(F)(F)F)cc1. The van der Waals surface area contributed by atoms with Crippen LogP contribution in [0.5, 0.6) is 0 Å². The fourth-order valence-electron chi connectivity index (χ4n) is 1.13. The maximum Gasteiger partial charge on any atom is 0.416 e. The summed E-state index contributed by atoms with van der Waals surface area (Å²) >= 11 is 0. The molecule has 0 spiro atoms. The van der Waals surface area contributed by atoms with Gasteiger partial charge in [-0.25, -0.2) is 0 Å². The minimum absolute atomic E-state index is 0.0669. The molecule has 1 nitrogen and oxygen atoms in total. The van der Waals surface area contributed by atoms with Crippen LogP contribution < -0.4 is 5.32 Å². The topological polar surface area (TPSA) is 12.0 Å². The van der Waals surface area contributed by atoms with E-state index in [1.54, 1.807) is 7.05 Å². The van der Waals surface area contributed by atoms with Crippen LogP contribution in [0.1, 0.15) is 24.1 Å². The van der Waals surface area contributed by atoms with Gasteiger partial charge < -0.3 is 5.32 Å². The molecule has 1 aromatic rings. The van der Waals surface area contributed by atoms with Crippen molar-refractivity contribution in [3.63, 3.8) is 0 Å². The van der Waals surface area contributed by atoms with Crippen LogP contribution in [0.2, 0.25) is 0 Å². The van der Waals surface area contributed by atoms with Gasteiger partial charge in [0.1, 0.15) is 0 Å². The van der Waals surface area contributed by atoms with E-state index in [9.17, 15) is 13.2 Å².